The van der Waals surface area contributed by atoms with E-state index in [1.54, 1.807) is 19.1 Å². The number of hydrogen-bond acceptors (Lipinski definition) is 6. The summed E-state index contributed by atoms with van der Waals surface area (Å²) in [7, 11) is 1.25. The number of methoxy groups -OCH3 is 1. The summed E-state index contributed by atoms with van der Waals surface area (Å²) in [6.07, 6.45) is 1.49. The highest BCUT2D eigenvalue weighted by Gasteiger charge is 2.21. The quantitative estimate of drug-likeness (QED) is 0.729. The molecule has 0 fully saturated rings. The zero-order valence-electron chi connectivity index (χ0n) is 12.1. The van der Waals surface area contributed by atoms with Crippen molar-refractivity contribution in [1.29, 1.82) is 0 Å². The number of esters is 1. The van der Waals surface area contributed by atoms with Gasteiger partial charge < -0.3 is 21.3 Å². The molecule has 0 aliphatic rings. The number of aryl methyl sites for hydroxylation is 1. The van der Waals surface area contributed by atoms with E-state index in [0.717, 1.165) is 11.1 Å². The second-order valence-corrected chi connectivity index (χ2v) is 4.74. The van der Waals surface area contributed by atoms with Crippen molar-refractivity contribution in [2.75, 3.05) is 18.6 Å². The molecule has 21 heavy (non-hydrogen) atoms. The van der Waals surface area contributed by atoms with Gasteiger partial charge in [-0.25, -0.2) is 9.78 Å². The number of carbonyl (C=O) groups excluding carboxylic acids is 1. The Labute approximate surface area is 122 Å². The Balaban J connectivity index is 2.78. The minimum Gasteiger partial charge on any atom is -0.508 e. The lowest BCUT2D eigenvalue weighted by atomic mass is 9.94. The van der Waals surface area contributed by atoms with Crippen LogP contribution in [-0.4, -0.2) is 23.2 Å². The average molecular weight is 287 g/mol. The van der Waals surface area contributed by atoms with Gasteiger partial charge in [0.25, 0.3) is 0 Å². The smallest absolute Gasteiger partial charge is 0.343 e. The van der Waals surface area contributed by atoms with E-state index in [-0.39, 0.29) is 22.8 Å². The van der Waals surface area contributed by atoms with Crippen molar-refractivity contribution in [3.05, 3.63) is 35.0 Å². The lowest BCUT2D eigenvalue weighted by Crippen LogP contribution is -2.12. The van der Waals surface area contributed by atoms with Crippen molar-refractivity contribution in [2.45, 2.75) is 13.8 Å². The van der Waals surface area contributed by atoms with E-state index in [9.17, 15) is 9.90 Å². The molecule has 0 saturated carbocycles. The highest BCUT2D eigenvalue weighted by Crippen LogP contribution is 2.37. The molecular weight excluding hydrogens is 270 g/mol. The van der Waals surface area contributed by atoms with Gasteiger partial charge in [-0.15, -0.1) is 0 Å². The first kappa shape index (κ1) is 14.6. The zero-order valence-corrected chi connectivity index (χ0v) is 12.1. The first-order chi connectivity index (χ1) is 9.88. The Kier molecular flexibility index (Phi) is 3.71. The van der Waals surface area contributed by atoms with Crippen molar-refractivity contribution in [3.8, 4) is 16.9 Å². The van der Waals surface area contributed by atoms with Crippen LogP contribution in [0.3, 0.4) is 0 Å². The van der Waals surface area contributed by atoms with E-state index in [1.165, 1.54) is 13.3 Å². The largest absolute Gasteiger partial charge is 0.508 e. The van der Waals surface area contributed by atoms with Crippen molar-refractivity contribution in [1.82, 2.24) is 4.98 Å². The molecule has 1 aromatic carbocycles. The molecule has 0 saturated heterocycles. The van der Waals surface area contributed by atoms with Gasteiger partial charge in [0.2, 0.25) is 0 Å². The number of nitrogens with zero attached hydrogens (tertiary/aromatic N) is 1. The van der Waals surface area contributed by atoms with Crippen molar-refractivity contribution >= 4 is 17.5 Å². The maximum Gasteiger partial charge on any atom is 0.343 e. The molecule has 0 aliphatic carbocycles. The molecular formula is C15H17N3O3. The van der Waals surface area contributed by atoms with Crippen LogP contribution in [0.1, 0.15) is 21.5 Å². The number of ether oxygens (including phenoxy) is 1. The number of phenolic OH excluding ortho intramolecular Hbond substituents is 1. The molecule has 0 unspecified atom stereocenters. The number of aromatic nitrogens is 1. The fourth-order valence-corrected chi connectivity index (χ4v) is 2.31. The van der Waals surface area contributed by atoms with Gasteiger partial charge in [0, 0.05) is 11.8 Å². The molecule has 5 N–H and O–H groups in total. The van der Waals surface area contributed by atoms with E-state index in [1.807, 2.05) is 6.92 Å². The highest BCUT2D eigenvalue weighted by atomic mass is 16.5. The third kappa shape index (κ3) is 2.35. The molecule has 110 valence electrons. The van der Waals surface area contributed by atoms with Crippen LogP contribution in [0, 0.1) is 13.8 Å². The molecule has 0 bridgehead atoms. The third-order valence-electron chi connectivity index (χ3n) is 3.45. The van der Waals surface area contributed by atoms with Crippen LogP contribution in [0.25, 0.3) is 11.1 Å². The summed E-state index contributed by atoms with van der Waals surface area (Å²) in [5, 5.41) is 9.88. The predicted molar refractivity (Wildman–Crippen MR) is 81.0 cm³/mol. The number of nitrogens with two attached hydrogens (primary N) is 2. The monoisotopic (exact) mass is 287 g/mol. The highest BCUT2D eigenvalue weighted by molar-refractivity contribution is 6.03. The summed E-state index contributed by atoms with van der Waals surface area (Å²) in [6, 6.07) is 3.38. The topological polar surface area (TPSA) is 111 Å². The van der Waals surface area contributed by atoms with E-state index in [0.29, 0.717) is 11.1 Å². The molecule has 6 heteroatoms. The summed E-state index contributed by atoms with van der Waals surface area (Å²) in [5.74, 6) is -0.486. The van der Waals surface area contributed by atoms with Gasteiger partial charge in [-0.05, 0) is 36.6 Å². The summed E-state index contributed by atoms with van der Waals surface area (Å²) < 4.78 is 4.68. The standard InChI is InChI=1S/C15H17N3O3/c1-7-4-5-10(19)8(2)11(7)9-6-18-14(17)12(13(9)16)15(20)21-3/h4-6,19H,1-3H3,(H4,16,17,18). The van der Waals surface area contributed by atoms with Gasteiger partial charge in [0.05, 0.1) is 12.8 Å². The number of benzene rings is 1. The molecule has 0 spiro atoms. The number of nitrogen functional groups attached to an aromatic ring is 2. The molecule has 0 aliphatic heterocycles. The molecule has 0 amide bonds. The van der Waals surface area contributed by atoms with Crippen LogP contribution in [0.5, 0.6) is 5.75 Å². The fraction of sp³-hybridized carbons (Fsp3) is 0.200. The van der Waals surface area contributed by atoms with Crippen LogP contribution in [0.15, 0.2) is 18.3 Å². The first-order valence-electron chi connectivity index (χ1n) is 6.30. The van der Waals surface area contributed by atoms with Crippen molar-refractivity contribution in [3.63, 3.8) is 0 Å². The average Bonchev–Trinajstić information content (AvgIpc) is 2.45. The van der Waals surface area contributed by atoms with Crippen molar-refractivity contribution in [2.24, 2.45) is 0 Å². The summed E-state index contributed by atoms with van der Waals surface area (Å²) in [6.45, 7) is 3.65. The minimum absolute atomic E-state index is 0.0126. The summed E-state index contributed by atoms with van der Waals surface area (Å²) in [4.78, 5) is 15.8. The number of aromatic hydroxyl groups is 1. The minimum atomic E-state index is -0.644. The zero-order chi connectivity index (χ0) is 15.7. The van der Waals surface area contributed by atoms with Crippen LogP contribution < -0.4 is 11.5 Å². The SMILES string of the molecule is COC(=O)c1c(N)ncc(-c2c(C)ccc(O)c2C)c1N. The Morgan fingerprint density at radius 3 is 2.57 bits per heavy atom. The van der Waals surface area contributed by atoms with Gasteiger partial charge >= 0.3 is 5.97 Å². The third-order valence-corrected chi connectivity index (χ3v) is 3.45. The molecule has 2 aromatic rings. The van der Waals surface area contributed by atoms with Gasteiger partial charge in [-0.2, -0.15) is 0 Å². The maximum atomic E-state index is 11.8. The molecule has 0 radical (unpaired) electrons. The van der Waals surface area contributed by atoms with E-state index in [2.05, 4.69) is 9.72 Å². The maximum absolute atomic E-state index is 11.8. The molecule has 6 nitrogen and oxygen atoms in total. The number of rotatable bonds is 2. The Bertz CT molecular complexity index is 727. The molecule has 0 atom stereocenters. The number of phenols is 1. The Morgan fingerprint density at radius 2 is 1.95 bits per heavy atom. The van der Waals surface area contributed by atoms with Gasteiger partial charge in [0.15, 0.2) is 0 Å². The number of carbonyl (C=O) groups is 1. The lowest BCUT2D eigenvalue weighted by Gasteiger charge is -2.16. The summed E-state index contributed by atoms with van der Waals surface area (Å²) in [5.41, 5.74) is 14.8. The predicted octanol–water partition coefficient (Wildman–Crippen LogP) is 2.02. The Hall–Kier alpha value is -2.76. The lowest BCUT2D eigenvalue weighted by molar-refractivity contribution is 0.0603. The Morgan fingerprint density at radius 1 is 1.29 bits per heavy atom. The molecule has 1 heterocycles. The van der Waals surface area contributed by atoms with Gasteiger partial charge in [0.1, 0.15) is 17.1 Å². The van der Waals surface area contributed by atoms with E-state index in [4.69, 9.17) is 11.5 Å². The van der Waals surface area contributed by atoms with Gasteiger partial charge in [-0.3, -0.25) is 0 Å². The first-order valence-corrected chi connectivity index (χ1v) is 6.30. The van der Waals surface area contributed by atoms with Crippen molar-refractivity contribution < 1.29 is 14.6 Å². The molecule has 1 aromatic heterocycles. The fourth-order valence-electron chi connectivity index (χ4n) is 2.31. The number of pyridine rings is 1. The van der Waals surface area contributed by atoms with Crippen LogP contribution in [0.4, 0.5) is 11.5 Å². The summed E-state index contributed by atoms with van der Waals surface area (Å²) >= 11 is 0. The second kappa shape index (κ2) is 5.32. The van der Waals surface area contributed by atoms with E-state index >= 15 is 0 Å². The van der Waals surface area contributed by atoms with E-state index < -0.39 is 5.97 Å². The van der Waals surface area contributed by atoms with Gasteiger partial charge in [-0.1, -0.05) is 6.07 Å². The van der Waals surface area contributed by atoms with Crippen LogP contribution in [-0.2, 0) is 4.74 Å². The normalized spacial score (nSPS) is 10.4. The number of anilines is 2. The second-order valence-electron chi connectivity index (χ2n) is 4.74. The molecule has 2 rings (SSSR count). The van der Waals surface area contributed by atoms with Crippen LogP contribution >= 0.6 is 0 Å². The van der Waals surface area contributed by atoms with Crippen LogP contribution in [0.2, 0.25) is 0 Å². The number of hydrogen-bond donors (Lipinski definition) is 3.